The Morgan fingerprint density at radius 3 is 2.23 bits per heavy atom. The van der Waals surface area contributed by atoms with Gasteiger partial charge in [0.05, 0.1) is 38.4 Å². The number of fused-ring (bicyclic) bond motifs is 1. The maximum absolute atomic E-state index is 13.7. The van der Waals surface area contributed by atoms with E-state index in [0.717, 1.165) is 47.6 Å². The minimum absolute atomic E-state index is 0.0213. The summed E-state index contributed by atoms with van der Waals surface area (Å²) in [4.78, 5) is 15.9. The van der Waals surface area contributed by atoms with Gasteiger partial charge in [0.1, 0.15) is 12.3 Å². The number of anilines is 1. The van der Waals surface area contributed by atoms with E-state index in [2.05, 4.69) is 42.4 Å². The number of aliphatic hydroxyl groups excluding tert-OH is 1. The predicted molar refractivity (Wildman–Crippen MR) is 172 cm³/mol. The molecular formula is C33H50N6O5. The van der Waals surface area contributed by atoms with Gasteiger partial charge in [-0.2, -0.15) is 4.52 Å². The van der Waals surface area contributed by atoms with Gasteiger partial charge in [0.15, 0.2) is 11.4 Å². The topological polar surface area (TPSA) is 127 Å². The highest BCUT2D eigenvalue weighted by Gasteiger charge is 2.27. The second-order valence-electron chi connectivity index (χ2n) is 13.0. The van der Waals surface area contributed by atoms with Crippen molar-refractivity contribution in [1.29, 1.82) is 5.41 Å². The number of rotatable bonds is 8. The van der Waals surface area contributed by atoms with Gasteiger partial charge < -0.3 is 24.2 Å². The molecule has 2 aromatic heterocycles. The van der Waals surface area contributed by atoms with E-state index in [1.807, 2.05) is 53.7 Å². The van der Waals surface area contributed by atoms with Crippen LogP contribution in [0.4, 0.5) is 5.69 Å². The van der Waals surface area contributed by atoms with Crippen molar-refractivity contribution in [2.45, 2.75) is 80.7 Å². The average molecular weight is 611 g/mol. The summed E-state index contributed by atoms with van der Waals surface area (Å²) in [5.41, 5.74) is 4.45. The highest BCUT2D eigenvalue weighted by Crippen LogP contribution is 2.40. The number of nitrogens with zero attached hydrogens (tertiary/aromatic N) is 5. The fourth-order valence-corrected chi connectivity index (χ4v) is 4.78. The Labute approximate surface area is 260 Å². The monoisotopic (exact) mass is 610 g/mol. The number of aliphatic hydroxyl groups is 1. The number of ketones is 1. The second kappa shape index (κ2) is 13.8. The molecule has 1 aliphatic heterocycles. The molecule has 1 aromatic carbocycles. The number of aryl methyl sites for hydroxylation is 1. The summed E-state index contributed by atoms with van der Waals surface area (Å²) in [5, 5.41) is 26.5. The maximum Gasteiger partial charge on any atom is 0.242 e. The first-order valence-corrected chi connectivity index (χ1v) is 15.2. The Morgan fingerprint density at radius 1 is 1.11 bits per heavy atom. The van der Waals surface area contributed by atoms with Crippen molar-refractivity contribution in [1.82, 2.24) is 19.4 Å². The lowest BCUT2D eigenvalue weighted by Crippen LogP contribution is -2.37. The highest BCUT2D eigenvalue weighted by molar-refractivity contribution is 5.97. The molecule has 1 aliphatic rings. The molecule has 3 aromatic rings. The van der Waals surface area contributed by atoms with Gasteiger partial charge >= 0.3 is 0 Å². The summed E-state index contributed by atoms with van der Waals surface area (Å²) >= 11 is 0. The molecule has 44 heavy (non-hydrogen) atoms. The van der Waals surface area contributed by atoms with Crippen molar-refractivity contribution in [3.8, 4) is 11.6 Å². The Balaban J connectivity index is 0.000000676. The summed E-state index contributed by atoms with van der Waals surface area (Å²) in [6, 6.07) is 3.81. The molecule has 1 fully saturated rings. The van der Waals surface area contributed by atoms with Crippen LogP contribution in [0, 0.1) is 17.7 Å². The van der Waals surface area contributed by atoms with Crippen LogP contribution in [0.3, 0.4) is 0 Å². The van der Waals surface area contributed by atoms with Gasteiger partial charge in [-0.3, -0.25) is 10.2 Å². The predicted octanol–water partition coefficient (Wildman–Crippen LogP) is 5.41. The number of hydrogen-bond donors (Lipinski definition) is 2. The number of aromatic nitrogens is 4. The third-order valence-electron chi connectivity index (χ3n) is 7.65. The van der Waals surface area contributed by atoms with E-state index >= 15 is 0 Å². The second-order valence-corrected chi connectivity index (χ2v) is 13.0. The lowest BCUT2D eigenvalue weighted by Gasteiger charge is -2.33. The van der Waals surface area contributed by atoms with Crippen molar-refractivity contribution in [3.05, 3.63) is 52.3 Å². The summed E-state index contributed by atoms with van der Waals surface area (Å²) in [6.45, 7) is 24.4. The van der Waals surface area contributed by atoms with Crippen molar-refractivity contribution < 1.29 is 24.1 Å². The van der Waals surface area contributed by atoms with Crippen LogP contribution in [0.25, 0.3) is 5.65 Å². The van der Waals surface area contributed by atoms with Gasteiger partial charge in [0.25, 0.3) is 0 Å². The molecule has 0 spiro atoms. The first-order chi connectivity index (χ1) is 20.5. The molecular weight excluding hydrogens is 560 g/mol. The van der Waals surface area contributed by atoms with Crippen molar-refractivity contribution in [2.24, 2.45) is 5.41 Å². The van der Waals surface area contributed by atoms with E-state index in [-0.39, 0.29) is 34.5 Å². The number of morpholine rings is 1. The molecule has 0 saturated carbocycles. The Morgan fingerprint density at radius 2 is 1.73 bits per heavy atom. The molecule has 1 saturated heterocycles. The highest BCUT2D eigenvalue weighted by atomic mass is 16.5. The van der Waals surface area contributed by atoms with E-state index < -0.39 is 0 Å². The van der Waals surface area contributed by atoms with E-state index in [1.54, 1.807) is 7.11 Å². The lowest BCUT2D eigenvalue weighted by atomic mass is 9.84. The SMILES string of the molecule is C=C(O)C(C)(C)C.CCOc1nn2c(=N)n(CC(=O)c3cc(N4CCOCC4)c(OC)c(C(C)(C)C)c3)nc2c(C)c1CC. The number of Topliss-reactive ketones (excluding diaryl/α,β-unsaturated/α-hetero) is 1. The summed E-state index contributed by atoms with van der Waals surface area (Å²) in [6.07, 6.45) is 0.732. The van der Waals surface area contributed by atoms with Crippen LogP contribution >= 0.6 is 0 Å². The van der Waals surface area contributed by atoms with E-state index in [9.17, 15) is 4.79 Å². The summed E-state index contributed by atoms with van der Waals surface area (Å²) in [7, 11) is 1.67. The molecule has 0 radical (unpaired) electrons. The van der Waals surface area contributed by atoms with Gasteiger partial charge in [-0.25, -0.2) is 4.68 Å². The quantitative estimate of drug-likeness (QED) is 0.256. The van der Waals surface area contributed by atoms with E-state index in [0.29, 0.717) is 36.9 Å². The van der Waals surface area contributed by atoms with Crippen LogP contribution in [0.15, 0.2) is 24.5 Å². The molecule has 0 unspecified atom stereocenters. The van der Waals surface area contributed by atoms with E-state index in [1.165, 1.54) is 9.20 Å². The lowest BCUT2D eigenvalue weighted by molar-refractivity contribution is 0.0965. The molecule has 11 nitrogen and oxygen atoms in total. The minimum Gasteiger partial charge on any atom is -0.512 e. The molecule has 11 heteroatoms. The number of carbonyl (C=O) groups is 1. The molecule has 242 valence electrons. The molecule has 0 atom stereocenters. The van der Waals surface area contributed by atoms with Gasteiger partial charge in [0, 0.05) is 40.8 Å². The van der Waals surface area contributed by atoms with Crippen molar-refractivity contribution in [2.75, 3.05) is 44.9 Å². The van der Waals surface area contributed by atoms with Crippen LogP contribution < -0.4 is 20.0 Å². The largest absolute Gasteiger partial charge is 0.512 e. The van der Waals surface area contributed by atoms with Crippen molar-refractivity contribution in [3.63, 3.8) is 0 Å². The molecule has 0 bridgehead atoms. The van der Waals surface area contributed by atoms with Gasteiger partial charge in [-0.1, -0.05) is 55.0 Å². The Hall–Kier alpha value is -3.86. The van der Waals surface area contributed by atoms with Crippen LogP contribution in [-0.4, -0.2) is 70.3 Å². The fraction of sp³-hybridized carbons (Fsp3) is 0.576. The number of carbonyl (C=O) groups excluding carboxylic acids is 1. The number of nitrogens with one attached hydrogen (secondary N) is 1. The summed E-state index contributed by atoms with van der Waals surface area (Å²) in [5.74, 6) is 1.39. The molecule has 3 heterocycles. The third-order valence-corrected chi connectivity index (χ3v) is 7.65. The number of methoxy groups -OCH3 is 1. The molecule has 0 aliphatic carbocycles. The third kappa shape index (κ3) is 7.61. The number of ether oxygens (including phenoxy) is 3. The number of allylic oxidation sites excluding steroid dienone is 1. The smallest absolute Gasteiger partial charge is 0.242 e. The van der Waals surface area contributed by atoms with Crippen LogP contribution in [-0.2, 0) is 23.1 Å². The first-order valence-electron chi connectivity index (χ1n) is 15.2. The number of hydrogen-bond acceptors (Lipinski definition) is 9. The summed E-state index contributed by atoms with van der Waals surface area (Å²) < 4.78 is 20.0. The molecule has 0 amide bonds. The molecule has 4 rings (SSSR count). The fourth-order valence-electron chi connectivity index (χ4n) is 4.78. The van der Waals surface area contributed by atoms with Gasteiger partial charge in [0.2, 0.25) is 11.5 Å². The van der Waals surface area contributed by atoms with Crippen LogP contribution in [0.1, 0.15) is 82.4 Å². The maximum atomic E-state index is 13.7. The number of benzene rings is 1. The zero-order valence-electron chi connectivity index (χ0n) is 28.1. The van der Waals surface area contributed by atoms with Gasteiger partial charge in [-0.15, -0.1) is 10.2 Å². The van der Waals surface area contributed by atoms with Crippen LogP contribution in [0.2, 0.25) is 0 Å². The minimum atomic E-state index is -0.243. The van der Waals surface area contributed by atoms with Crippen molar-refractivity contribution >= 4 is 17.1 Å². The molecule has 2 N–H and O–H groups in total. The van der Waals surface area contributed by atoms with Gasteiger partial charge in [-0.05, 0) is 37.8 Å². The standard InChI is InChI=1S/C27H38N6O4.C6H12O/c1-8-19-17(3)24-29-32(26(28)33(24)30-25(19)37-9-2)16-22(34)18-14-20(27(4,5)6)23(35-7)21(15-18)31-10-12-36-13-11-31;1-5(7)6(2,3)4/h14-15,28H,8-13,16H2,1-7H3;7H,1H2,2-4H3. The Kier molecular flexibility index (Phi) is 10.9. The average Bonchev–Trinajstić information content (AvgIpc) is 3.27. The zero-order valence-corrected chi connectivity index (χ0v) is 28.1. The van der Waals surface area contributed by atoms with Crippen LogP contribution in [0.5, 0.6) is 11.6 Å². The van der Waals surface area contributed by atoms with E-state index in [4.69, 9.17) is 24.7 Å². The Bertz CT molecular complexity index is 1550. The first kappa shape index (κ1) is 34.6. The zero-order chi connectivity index (χ0) is 33.0. The normalized spacial score (nSPS) is 13.8.